The first-order chi connectivity index (χ1) is 28.8. The second-order valence-corrected chi connectivity index (χ2v) is 16.6. The van der Waals surface area contributed by atoms with Crippen LogP contribution in [0.25, 0.3) is 32.9 Å². The van der Waals surface area contributed by atoms with Gasteiger partial charge in [0.2, 0.25) is 22.9 Å². The molecule has 0 saturated heterocycles. The Morgan fingerprint density at radius 3 is 1.88 bits per heavy atom. The fourth-order valence-electron chi connectivity index (χ4n) is 6.52. The van der Waals surface area contributed by atoms with Gasteiger partial charge in [-0.1, -0.05) is 60.7 Å². The van der Waals surface area contributed by atoms with Gasteiger partial charge in [0.15, 0.2) is 0 Å². The number of amides is 2. The van der Waals surface area contributed by atoms with Crippen LogP contribution in [0.15, 0.2) is 169 Å². The van der Waals surface area contributed by atoms with Crippen molar-refractivity contribution in [3.8, 4) is 11.1 Å². The van der Waals surface area contributed by atoms with Crippen LogP contribution in [-0.4, -0.2) is 33.7 Å². The average molecular weight is 839 g/mol. The van der Waals surface area contributed by atoms with Crippen LogP contribution in [0.4, 0.5) is 0 Å². The van der Waals surface area contributed by atoms with Crippen LogP contribution >= 0.6 is 35.2 Å². The number of nitrogens with one attached hydrogen (secondary N) is 5. The maximum atomic E-state index is 14.0. The number of nitrogens with zero attached hydrogens (tertiary/aromatic N) is 1. The molecule has 0 fully saturated rings. The number of fused-ring (bicyclic) bond motifs is 2. The maximum absolute atomic E-state index is 14.0. The number of carbonyl (C=O) groups excluding carboxylic acids is 2. The number of hydrogen-bond donors (Lipinski definition) is 5. The standard InChI is InChI=1S/C45H38N6O5S3/c1-51(45(55)43(29-10-6-3-7-11-29)50-59-36-15-17-39-31(22-36)13-19-41(53)48-39)25-37-23-33(27-57-37)32-20-34(56-26-32)24-46-44(54)42(28-8-4-2-5-9-28)49-58-35-14-16-38-30(21-35)12-18-40(52)47-38/h2-23,26-27,42-43,49-50H,24-25H2,1H3,(H,46,54)(H,47,52)(H,48,53)/t42-,43-/m1/s1. The Morgan fingerprint density at radius 1 is 0.695 bits per heavy atom. The lowest BCUT2D eigenvalue weighted by molar-refractivity contribution is -0.132. The first kappa shape index (κ1) is 39.7. The van der Waals surface area contributed by atoms with Crippen LogP contribution in [-0.2, 0) is 22.7 Å². The first-order valence-corrected chi connectivity index (χ1v) is 21.2. The number of aromatic nitrogens is 2. The highest BCUT2D eigenvalue weighted by Gasteiger charge is 2.25. The lowest BCUT2D eigenvalue weighted by Gasteiger charge is -2.24. The Morgan fingerprint density at radius 2 is 1.27 bits per heavy atom. The van der Waals surface area contributed by atoms with Crippen LogP contribution in [0.1, 0.15) is 33.8 Å². The lowest BCUT2D eigenvalue weighted by atomic mass is 10.1. The van der Waals surface area contributed by atoms with E-state index in [1.165, 1.54) is 36.0 Å². The molecule has 4 aromatic carbocycles. The number of hydrogen-bond acceptors (Lipinski definition) is 10. The molecule has 0 spiro atoms. The highest BCUT2D eigenvalue weighted by Crippen LogP contribution is 2.30. The fraction of sp³-hybridized carbons (Fsp3) is 0.111. The van der Waals surface area contributed by atoms with Gasteiger partial charge in [-0.25, -0.2) is 9.44 Å². The van der Waals surface area contributed by atoms with Gasteiger partial charge in [-0.2, -0.15) is 0 Å². The Kier molecular flexibility index (Phi) is 12.2. The molecular weight excluding hydrogens is 801 g/mol. The van der Waals surface area contributed by atoms with E-state index >= 15 is 0 Å². The van der Waals surface area contributed by atoms with E-state index in [0.29, 0.717) is 12.3 Å². The quantitative estimate of drug-likeness (QED) is 0.0642. The number of thiophene rings is 1. The molecule has 8 rings (SSSR count). The van der Waals surface area contributed by atoms with Crippen molar-refractivity contribution in [2.45, 2.75) is 35.0 Å². The molecule has 59 heavy (non-hydrogen) atoms. The second-order valence-electron chi connectivity index (χ2n) is 13.8. The van der Waals surface area contributed by atoms with Crippen molar-refractivity contribution in [3.05, 3.63) is 188 Å². The molecule has 296 valence electrons. The van der Waals surface area contributed by atoms with E-state index in [2.05, 4.69) is 30.8 Å². The number of carbonyl (C=O) groups is 2. The molecule has 11 nitrogen and oxygen atoms in total. The highest BCUT2D eigenvalue weighted by molar-refractivity contribution is 7.97. The van der Waals surface area contributed by atoms with Crippen LogP contribution in [0.5, 0.6) is 0 Å². The van der Waals surface area contributed by atoms with E-state index in [9.17, 15) is 19.2 Å². The molecule has 2 atom stereocenters. The summed E-state index contributed by atoms with van der Waals surface area (Å²) < 4.78 is 12.6. The summed E-state index contributed by atoms with van der Waals surface area (Å²) in [6, 6.07) is 39.8. The number of benzene rings is 4. The van der Waals surface area contributed by atoms with Gasteiger partial charge < -0.3 is 24.6 Å². The minimum absolute atomic E-state index is 0.0818. The predicted molar refractivity (Wildman–Crippen MR) is 236 cm³/mol. The molecule has 0 aliphatic carbocycles. The molecule has 0 radical (unpaired) electrons. The van der Waals surface area contributed by atoms with Gasteiger partial charge >= 0.3 is 0 Å². The maximum Gasteiger partial charge on any atom is 0.248 e. The van der Waals surface area contributed by atoms with Gasteiger partial charge in [0.05, 0.1) is 19.4 Å². The number of aromatic amines is 2. The van der Waals surface area contributed by atoms with E-state index in [1.807, 2.05) is 109 Å². The summed E-state index contributed by atoms with van der Waals surface area (Å²) in [5.74, 6) is 0.306. The summed E-state index contributed by atoms with van der Waals surface area (Å²) in [4.78, 5) is 61.2. The number of likely N-dealkylation sites (N-methyl/N-ethyl adjacent to an activating group) is 1. The molecule has 0 unspecified atom stereocenters. The normalized spacial score (nSPS) is 12.4. The second kappa shape index (κ2) is 18.2. The molecular formula is C45H38N6O5S3. The number of rotatable bonds is 15. The Balaban J connectivity index is 0.888. The smallest absolute Gasteiger partial charge is 0.248 e. The monoisotopic (exact) mass is 838 g/mol. The zero-order valence-corrected chi connectivity index (χ0v) is 34.1. The van der Waals surface area contributed by atoms with Gasteiger partial charge in [-0.15, -0.1) is 11.3 Å². The van der Waals surface area contributed by atoms with Gasteiger partial charge in [0.25, 0.3) is 0 Å². The summed E-state index contributed by atoms with van der Waals surface area (Å²) >= 11 is 4.27. The van der Waals surface area contributed by atoms with Crippen molar-refractivity contribution >= 4 is 68.9 Å². The zero-order valence-electron chi connectivity index (χ0n) is 31.6. The Hall–Kier alpha value is -6.16. The molecule has 8 aromatic rings. The zero-order chi connectivity index (χ0) is 40.7. The molecule has 0 aliphatic heterocycles. The lowest BCUT2D eigenvalue weighted by Crippen LogP contribution is -2.36. The number of pyridine rings is 2. The van der Waals surface area contributed by atoms with Crippen LogP contribution in [0.3, 0.4) is 0 Å². The summed E-state index contributed by atoms with van der Waals surface area (Å²) in [7, 11) is 1.80. The van der Waals surface area contributed by atoms with Crippen LogP contribution in [0, 0.1) is 0 Å². The van der Waals surface area contributed by atoms with Crippen molar-refractivity contribution in [1.82, 2.24) is 29.6 Å². The third-order valence-electron chi connectivity index (χ3n) is 9.60. The van der Waals surface area contributed by atoms with E-state index in [0.717, 1.165) is 58.7 Å². The topological polar surface area (TPSA) is 152 Å². The van der Waals surface area contributed by atoms with Crippen molar-refractivity contribution in [2.24, 2.45) is 0 Å². The molecule has 2 amide bonds. The van der Waals surface area contributed by atoms with E-state index in [4.69, 9.17) is 4.42 Å². The molecule has 4 aromatic heterocycles. The Labute approximate surface area is 351 Å². The van der Waals surface area contributed by atoms with Crippen molar-refractivity contribution in [1.29, 1.82) is 0 Å². The summed E-state index contributed by atoms with van der Waals surface area (Å²) in [5.41, 5.74) is 4.67. The van der Waals surface area contributed by atoms with E-state index in [1.54, 1.807) is 41.7 Å². The minimum atomic E-state index is -0.650. The van der Waals surface area contributed by atoms with E-state index in [-0.39, 0.29) is 29.5 Å². The molecule has 5 N–H and O–H groups in total. The largest absolute Gasteiger partial charge is 0.467 e. The van der Waals surface area contributed by atoms with Crippen molar-refractivity contribution in [3.63, 3.8) is 0 Å². The third kappa shape index (κ3) is 9.76. The van der Waals surface area contributed by atoms with Crippen LogP contribution in [0.2, 0.25) is 0 Å². The molecule has 0 aliphatic rings. The summed E-state index contributed by atoms with van der Waals surface area (Å²) in [5, 5.41) is 6.85. The van der Waals surface area contributed by atoms with E-state index < -0.39 is 12.1 Å². The van der Waals surface area contributed by atoms with Crippen molar-refractivity contribution < 1.29 is 14.0 Å². The SMILES string of the molecule is CN(Cc1cc(-c2coc(CNC(=O)[C@H](NSc3ccc4[nH]c(=O)ccc4c3)c3ccccc3)c2)cs1)C(=O)[C@H](NSc1ccc2[nH]c(=O)ccc2c1)c1ccccc1. The number of furan rings is 1. The van der Waals surface area contributed by atoms with Gasteiger partial charge in [-0.3, -0.25) is 19.2 Å². The van der Waals surface area contributed by atoms with Gasteiger partial charge in [0, 0.05) is 50.4 Å². The minimum Gasteiger partial charge on any atom is -0.467 e. The summed E-state index contributed by atoms with van der Waals surface area (Å²) in [6.07, 6.45) is 1.68. The summed E-state index contributed by atoms with van der Waals surface area (Å²) in [6.45, 7) is 0.602. The van der Waals surface area contributed by atoms with Gasteiger partial charge in [-0.05, 0) is 117 Å². The number of H-pyrrole nitrogens is 2. The predicted octanol–water partition coefficient (Wildman–Crippen LogP) is 8.34. The molecule has 0 bridgehead atoms. The average Bonchev–Trinajstić information content (AvgIpc) is 3.94. The fourth-order valence-corrected chi connectivity index (χ4v) is 9.10. The van der Waals surface area contributed by atoms with Gasteiger partial charge in [0.1, 0.15) is 17.8 Å². The highest BCUT2D eigenvalue weighted by atomic mass is 32.2. The molecule has 4 heterocycles. The third-order valence-corrected chi connectivity index (χ3v) is 12.2. The Bertz CT molecular complexity index is 2860. The first-order valence-electron chi connectivity index (χ1n) is 18.6. The molecule has 0 saturated carbocycles. The van der Waals surface area contributed by atoms with Crippen molar-refractivity contribution in [2.75, 3.05) is 7.05 Å². The van der Waals surface area contributed by atoms with Crippen LogP contribution < -0.4 is 25.9 Å². The molecule has 14 heteroatoms.